The number of hydrogen-bond donors (Lipinski definition) is 1. The number of hydrogen-bond acceptors (Lipinski definition) is 2. The SMILES string of the molecule is CC(C)c1ccc(/C=C/CC(=O)N(CC(=O)O)C2CC2)cc1. The minimum atomic E-state index is -0.950. The van der Waals surface area contributed by atoms with E-state index in [0.29, 0.717) is 5.92 Å². The molecule has 2 rings (SSSR count). The fourth-order valence-corrected chi connectivity index (χ4v) is 2.36. The third kappa shape index (κ3) is 4.72. The highest BCUT2D eigenvalue weighted by Gasteiger charge is 2.33. The van der Waals surface area contributed by atoms with Gasteiger partial charge in [0, 0.05) is 12.5 Å². The van der Waals surface area contributed by atoms with Crippen LogP contribution in [0.4, 0.5) is 0 Å². The molecule has 0 aromatic heterocycles. The van der Waals surface area contributed by atoms with Gasteiger partial charge in [-0.1, -0.05) is 50.3 Å². The molecule has 0 aliphatic heterocycles. The number of carboxylic acid groups (broad SMARTS) is 1. The maximum Gasteiger partial charge on any atom is 0.323 e. The fraction of sp³-hybridized carbons (Fsp3) is 0.444. The molecule has 1 N–H and O–H groups in total. The minimum absolute atomic E-state index is 0.111. The molecule has 4 nitrogen and oxygen atoms in total. The zero-order valence-corrected chi connectivity index (χ0v) is 13.2. The smallest absolute Gasteiger partial charge is 0.323 e. The van der Waals surface area contributed by atoms with Crippen molar-refractivity contribution < 1.29 is 14.7 Å². The second-order valence-corrected chi connectivity index (χ2v) is 6.07. The van der Waals surface area contributed by atoms with Gasteiger partial charge in [0.15, 0.2) is 0 Å². The van der Waals surface area contributed by atoms with Crippen molar-refractivity contribution in [3.05, 3.63) is 41.5 Å². The van der Waals surface area contributed by atoms with Crippen molar-refractivity contribution in [1.29, 1.82) is 0 Å². The van der Waals surface area contributed by atoms with Crippen molar-refractivity contribution in [2.45, 2.75) is 45.1 Å². The molecule has 0 saturated heterocycles. The lowest BCUT2D eigenvalue weighted by molar-refractivity contribution is -0.144. The Kier molecular flexibility index (Phi) is 5.36. The normalized spacial score (nSPS) is 14.5. The predicted octanol–water partition coefficient (Wildman–Crippen LogP) is 3.29. The Labute approximate surface area is 131 Å². The van der Waals surface area contributed by atoms with E-state index in [1.165, 1.54) is 10.5 Å². The summed E-state index contributed by atoms with van der Waals surface area (Å²) in [5.41, 5.74) is 2.34. The first kappa shape index (κ1) is 16.3. The summed E-state index contributed by atoms with van der Waals surface area (Å²) in [6.45, 7) is 4.11. The molecule has 0 bridgehead atoms. The first-order valence-electron chi connectivity index (χ1n) is 7.75. The van der Waals surface area contributed by atoms with Crippen LogP contribution in [0, 0.1) is 0 Å². The Hall–Kier alpha value is -2.10. The van der Waals surface area contributed by atoms with Gasteiger partial charge < -0.3 is 10.0 Å². The van der Waals surface area contributed by atoms with Crippen molar-refractivity contribution in [2.75, 3.05) is 6.54 Å². The van der Waals surface area contributed by atoms with Crippen LogP contribution in [0.25, 0.3) is 6.08 Å². The molecule has 0 radical (unpaired) electrons. The molecule has 0 atom stereocenters. The lowest BCUT2D eigenvalue weighted by atomic mass is 10.0. The van der Waals surface area contributed by atoms with Crippen LogP contribution in [0.3, 0.4) is 0 Å². The standard InChI is InChI=1S/C18H23NO3/c1-13(2)15-8-6-14(7-9-15)4-3-5-17(20)19(12-18(21)22)16-10-11-16/h3-4,6-9,13,16H,5,10-12H2,1-2H3,(H,21,22)/b4-3+. The summed E-state index contributed by atoms with van der Waals surface area (Å²) in [5, 5.41) is 8.87. The zero-order valence-electron chi connectivity index (χ0n) is 13.2. The summed E-state index contributed by atoms with van der Waals surface area (Å²) in [7, 11) is 0. The third-order valence-electron chi connectivity index (χ3n) is 3.82. The molecule has 4 heteroatoms. The van der Waals surface area contributed by atoms with E-state index in [1.807, 2.05) is 24.3 Å². The van der Waals surface area contributed by atoms with Crippen molar-refractivity contribution in [3.8, 4) is 0 Å². The number of benzene rings is 1. The maximum absolute atomic E-state index is 12.1. The van der Waals surface area contributed by atoms with Crippen LogP contribution in [0.15, 0.2) is 30.3 Å². The summed E-state index contributed by atoms with van der Waals surface area (Å²) >= 11 is 0. The van der Waals surface area contributed by atoms with Gasteiger partial charge in [0.25, 0.3) is 0 Å². The molecule has 1 amide bonds. The van der Waals surface area contributed by atoms with Crippen molar-refractivity contribution in [2.24, 2.45) is 0 Å². The number of carboxylic acids is 1. The van der Waals surface area contributed by atoms with Gasteiger partial charge in [-0.15, -0.1) is 0 Å². The van der Waals surface area contributed by atoms with E-state index in [1.54, 1.807) is 0 Å². The van der Waals surface area contributed by atoms with E-state index in [-0.39, 0.29) is 24.9 Å². The molecule has 1 fully saturated rings. The first-order valence-corrected chi connectivity index (χ1v) is 7.75. The molecule has 22 heavy (non-hydrogen) atoms. The summed E-state index contributed by atoms with van der Waals surface area (Å²) in [5.74, 6) is -0.559. The van der Waals surface area contributed by atoms with Gasteiger partial charge in [0.1, 0.15) is 6.54 Å². The second-order valence-electron chi connectivity index (χ2n) is 6.07. The Balaban J connectivity index is 1.90. The Morgan fingerprint density at radius 3 is 2.41 bits per heavy atom. The van der Waals surface area contributed by atoms with E-state index in [2.05, 4.69) is 26.0 Å². The highest BCUT2D eigenvalue weighted by atomic mass is 16.4. The van der Waals surface area contributed by atoms with E-state index in [9.17, 15) is 9.59 Å². The van der Waals surface area contributed by atoms with Crippen molar-refractivity contribution in [3.63, 3.8) is 0 Å². The van der Waals surface area contributed by atoms with Gasteiger partial charge in [-0.3, -0.25) is 9.59 Å². The Bertz CT molecular complexity index is 556. The number of carbonyl (C=O) groups excluding carboxylic acids is 1. The van der Waals surface area contributed by atoms with Gasteiger partial charge in [0.05, 0.1) is 0 Å². The summed E-state index contributed by atoms with van der Waals surface area (Å²) in [4.78, 5) is 24.4. The highest BCUT2D eigenvalue weighted by molar-refractivity contribution is 5.83. The Morgan fingerprint density at radius 2 is 1.91 bits per heavy atom. The summed E-state index contributed by atoms with van der Waals surface area (Å²) < 4.78 is 0. The van der Waals surface area contributed by atoms with Gasteiger partial charge in [-0.25, -0.2) is 0 Å². The molecule has 1 saturated carbocycles. The average Bonchev–Trinajstić information content (AvgIpc) is 3.29. The summed E-state index contributed by atoms with van der Waals surface area (Å²) in [6, 6.07) is 8.38. The Morgan fingerprint density at radius 1 is 1.27 bits per heavy atom. The van der Waals surface area contributed by atoms with E-state index >= 15 is 0 Å². The quantitative estimate of drug-likeness (QED) is 0.840. The molecular formula is C18H23NO3. The first-order chi connectivity index (χ1) is 10.5. The van der Waals surface area contributed by atoms with Crippen molar-refractivity contribution >= 4 is 18.0 Å². The van der Waals surface area contributed by atoms with Crippen molar-refractivity contribution in [1.82, 2.24) is 4.90 Å². The van der Waals surface area contributed by atoms with Gasteiger partial charge in [-0.2, -0.15) is 0 Å². The molecule has 0 spiro atoms. The van der Waals surface area contributed by atoms with Gasteiger partial charge >= 0.3 is 5.97 Å². The lowest BCUT2D eigenvalue weighted by Gasteiger charge is -2.19. The van der Waals surface area contributed by atoms with Crippen LogP contribution >= 0.6 is 0 Å². The molecule has 1 aromatic carbocycles. The molecule has 0 heterocycles. The van der Waals surface area contributed by atoms with Gasteiger partial charge in [0.2, 0.25) is 5.91 Å². The largest absolute Gasteiger partial charge is 0.480 e. The van der Waals surface area contributed by atoms with Gasteiger partial charge in [-0.05, 0) is 29.9 Å². The van der Waals surface area contributed by atoms with E-state index < -0.39 is 5.97 Å². The van der Waals surface area contributed by atoms with Crippen LogP contribution in [-0.4, -0.2) is 34.5 Å². The number of nitrogens with zero attached hydrogens (tertiary/aromatic N) is 1. The number of amides is 1. The van der Waals surface area contributed by atoms with Crippen LogP contribution in [0.1, 0.15) is 50.2 Å². The van der Waals surface area contributed by atoms with Crippen LogP contribution < -0.4 is 0 Å². The minimum Gasteiger partial charge on any atom is -0.480 e. The molecular weight excluding hydrogens is 278 g/mol. The van der Waals surface area contributed by atoms with Crippen LogP contribution in [0.2, 0.25) is 0 Å². The third-order valence-corrected chi connectivity index (χ3v) is 3.82. The molecule has 0 unspecified atom stereocenters. The molecule has 1 aliphatic rings. The zero-order chi connectivity index (χ0) is 16.1. The number of carbonyl (C=O) groups is 2. The molecule has 1 aromatic rings. The lowest BCUT2D eigenvalue weighted by Crippen LogP contribution is -2.37. The monoisotopic (exact) mass is 301 g/mol. The average molecular weight is 301 g/mol. The van der Waals surface area contributed by atoms with E-state index in [4.69, 9.17) is 5.11 Å². The van der Waals surface area contributed by atoms with Crippen LogP contribution in [-0.2, 0) is 9.59 Å². The predicted molar refractivity (Wildman–Crippen MR) is 86.6 cm³/mol. The van der Waals surface area contributed by atoms with E-state index in [0.717, 1.165) is 18.4 Å². The highest BCUT2D eigenvalue weighted by Crippen LogP contribution is 2.27. The topological polar surface area (TPSA) is 57.6 Å². The fourth-order valence-electron chi connectivity index (χ4n) is 2.36. The molecule has 118 valence electrons. The maximum atomic E-state index is 12.1. The summed E-state index contributed by atoms with van der Waals surface area (Å²) in [6.07, 6.45) is 5.80. The van der Waals surface area contributed by atoms with Crippen LogP contribution in [0.5, 0.6) is 0 Å². The number of aliphatic carboxylic acids is 1. The molecule has 1 aliphatic carbocycles. The number of rotatable bonds is 7. The second kappa shape index (κ2) is 7.25.